The third-order valence-corrected chi connectivity index (χ3v) is 7.37. The largest absolute Gasteiger partial charge is 0.334 e. The molecule has 2 atom stereocenters. The lowest BCUT2D eigenvalue weighted by molar-refractivity contribution is -0.140. The molecule has 0 aromatic heterocycles. The van der Waals surface area contributed by atoms with Crippen molar-refractivity contribution in [2.24, 2.45) is 5.92 Å². The minimum absolute atomic E-state index is 0.00228. The number of hydrogen-bond donors (Lipinski definition) is 1. The maximum absolute atomic E-state index is 13.0. The fourth-order valence-electron chi connectivity index (χ4n) is 4.24. The molecule has 0 bridgehead atoms. The van der Waals surface area contributed by atoms with Crippen molar-refractivity contribution in [3.63, 3.8) is 0 Å². The van der Waals surface area contributed by atoms with Gasteiger partial charge in [0.05, 0.1) is 11.5 Å². The molecular formula is C17H27N3O5S. The second kappa shape index (κ2) is 7.17. The molecule has 8 nitrogen and oxygen atoms in total. The van der Waals surface area contributed by atoms with Gasteiger partial charge in [0.15, 0.2) is 9.84 Å². The van der Waals surface area contributed by atoms with Crippen LogP contribution >= 0.6 is 0 Å². The van der Waals surface area contributed by atoms with Crippen LogP contribution in [0.15, 0.2) is 0 Å². The molecule has 2 heterocycles. The molecule has 1 N–H and O–H groups in total. The van der Waals surface area contributed by atoms with Gasteiger partial charge in [-0.1, -0.05) is 26.7 Å². The van der Waals surface area contributed by atoms with Gasteiger partial charge in [-0.25, -0.2) is 13.2 Å². The average Bonchev–Trinajstić information content (AvgIpc) is 3.24. The number of nitrogens with one attached hydrogen (secondary N) is 1. The zero-order chi connectivity index (χ0) is 19.1. The molecule has 9 heteroatoms. The molecule has 3 rings (SSSR count). The smallest absolute Gasteiger partial charge is 0.325 e. The Hall–Kier alpha value is -1.64. The predicted molar refractivity (Wildman–Crippen MR) is 95.0 cm³/mol. The third-order valence-electron chi connectivity index (χ3n) is 5.62. The standard InChI is InChI=1S/C17H27N3O5S/c1-11(2)15-16(22)19(17(23)18-15)9-14(21)20(12-5-3-4-6-12)13-7-8-26(24,25)10-13/h11-13,15H,3-10H2,1-2H3,(H,18,23)/t13-,15+/m1/s1. The average molecular weight is 385 g/mol. The lowest BCUT2D eigenvalue weighted by atomic mass is 10.1. The van der Waals surface area contributed by atoms with Gasteiger partial charge in [-0.3, -0.25) is 14.5 Å². The Morgan fingerprint density at radius 2 is 1.85 bits per heavy atom. The Kier molecular flexibility index (Phi) is 5.28. The summed E-state index contributed by atoms with van der Waals surface area (Å²) in [6.45, 7) is 3.35. The first-order valence-corrected chi connectivity index (χ1v) is 11.1. The van der Waals surface area contributed by atoms with E-state index in [-0.39, 0.29) is 47.9 Å². The van der Waals surface area contributed by atoms with Crippen molar-refractivity contribution in [3.8, 4) is 0 Å². The van der Waals surface area contributed by atoms with Crippen LogP contribution < -0.4 is 5.32 Å². The molecule has 26 heavy (non-hydrogen) atoms. The van der Waals surface area contributed by atoms with Crippen LogP contribution in [0.3, 0.4) is 0 Å². The Bertz CT molecular complexity index is 699. The summed E-state index contributed by atoms with van der Waals surface area (Å²) < 4.78 is 23.8. The van der Waals surface area contributed by atoms with Crippen LogP contribution in [-0.4, -0.2) is 72.2 Å². The van der Waals surface area contributed by atoms with Gasteiger partial charge >= 0.3 is 6.03 Å². The molecule has 0 spiro atoms. The van der Waals surface area contributed by atoms with Crippen LogP contribution in [0, 0.1) is 5.92 Å². The summed E-state index contributed by atoms with van der Waals surface area (Å²) >= 11 is 0. The number of rotatable bonds is 5. The topological polar surface area (TPSA) is 104 Å². The molecule has 1 aliphatic carbocycles. The molecule has 3 fully saturated rings. The first kappa shape index (κ1) is 19.1. The second-order valence-corrected chi connectivity index (χ2v) is 10.1. The Labute approximate surface area is 154 Å². The Morgan fingerprint density at radius 1 is 1.19 bits per heavy atom. The summed E-state index contributed by atoms with van der Waals surface area (Å²) in [5.74, 6) is -0.704. The van der Waals surface area contributed by atoms with Gasteiger partial charge in [0.2, 0.25) is 5.91 Å². The fourth-order valence-corrected chi connectivity index (χ4v) is 5.95. The van der Waals surface area contributed by atoms with Gasteiger partial charge in [-0.2, -0.15) is 0 Å². The van der Waals surface area contributed by atoms with E-state index in [1.807, 2.05) is 13.8 Å². The van der Waals surface area contributed by atoms with E-state index < -0.39 is 21.9 Å². The van der Waals surface area contributed by atoms with Crippen LogP contribution in [0.2, 0.25) is 0 Å². The van der Waals surface area contributed by atoms with E-state index in [1.165, 1.54) is 0 Å². The van der Waals surface area contributed by atoms with E-state index in [9.17, 15) is 22.8 Å². The lowest BCUT2D eigenvalue weighted by Crippen LogP contribution is -2.51. The minimum atomic E-state index is -3.13. The van der Waals surface area contributed by atoms with Gasteiger partial charge in [0, 0.05) is 12.1 Å². The second-order valence-electron chi connectivity index (χ2n) is 7.89. The van der Waals surface area contributed by atoms with Crippen molar-refractivity contribution >= 4 is 27.7 Å². The van der Waals surface area contributed by atoms with Crippen molar-refractivity contribution in [1.29, 1.82) is 0 Å². The van der Waals surface area contributed by atoms with Crippen molar-refractivity contribution in [2.45, 2.75) is 64.1 Å². The molecule has 4 amide bonds. The van der Waals surface area contributed by atoms with Crippen molar-refractivity contribution < 1.29 is 22.8 Å². The number of carbonyl (C=O) groups is 3. The molecule has 2 saturated heterocycles. The quantitative estimate of drug-likeness (QED) is 0.695. The highest BCUT2D eigenvalue weighted by molar-refractivity contribution is 7.91. The van der Waals surface area contributed by atoms with Crippen LogP contribution in [0.5, 0.6) is 0 Å². The zero-order valence-electron chi connectivity index (χ0n) is 15.3. The Morgan fingerprint density at radius 3 is 2.35 bits per heavy atom. The molecule has 0 aromatic rings. The zero-order valence-corrected chi connectivity index (χ0v) is 16.1. The van der Waals surface area contributed by atoms with Crippen LogP contribution in [0.1, 0.15) is 46.0 Å². The summed E-state index contributed by atoms with van der Waals surface area (Å²) in [6.07, 6.45) is 4.13. The van der Waals surface area contributed by atoms with Gasteiger partial charge in [-0.05, 0) is 25.2 Å². The lowest BCUT2D eigenvalue weighted by Gasteiger charge is -2.34. The summed E-state index contributed by atoms with van der Waals surface area (Å²) in [6, 6.07) is -1.51. The molecule has 0 aromatic carbocycles. The van der Waals surface area contributed by atoms with E-state index in [2.05, 4.69) is 5.32 Å². The molecule has 2 aliphatic heterocycles. The number of amides is 4. The number of hydrogen-bond acceptors (Lipinski definition) is 5. The van der Waals surface area contributed by atoms with Gasteiger partial charge < -0.3 is 10.2 Å². The number of urea groups is 1. The number of carbonyl (C=O) groups excluding carboxylic acids is 3. The number of nitrogens with zero attached hydrogens (tertiary/aromatic N) is 2. The van der Waals surface area contributed by atoms with Gasteiger partial charge in [-0.15, -0.1) is 0 Å². The monoisotopic (exact) mass is 385 g/mol. The van der Waals surface area contributed by atoms with E-state index in [1.54, 1.807) is 4.90 Å². The van der Waals surface area contributed by atoms with Crippen LogP contribution in [0.25, 0.3) is 0 Å². The molecule has 3 aliphatic rings. The first-order valence-electron chi connectivity index (χ1n) is 9.33. The highest BCUT2D eigenvalue weighted by Gasteiger charge is 2.44. The number of imide groups is 1. The van der Waals surface area contributed by atoms with E-state index >= 15 is 0 Å². The van der Waals surface area contributed by atoms with E-state index in [4.69, 9.17) is 0 Å². The van der Waals surface area contributed by atoms with Crippen LogP contribution in [0.4, 0.5) is 4.79 Å². The predicted octanol–water partition coefficient (Wildman–Crippen LogP) is 0.521. The molecular weight excluding hydrogens is 358 g/mol. The highest BCUT2D eigenvalue weighted by atomic mass is 32.2. The third kappa shape index (κ3) is 3.72. The summed E-state index contributed by atoms with van der Waals surface area (Å²) in [5, 5.41) is 2.62. The van der Waals surface area contributed by atoms with E-state index in [0.717, 1.165) is 30.6 Å². The molecule has 0 unspecified atom stereocenters. The van der Waals surface area contributed by atoms with Crippen molar-refractivity contribution in [3.05, 3.63) is 0 Å². The fraction of sp³-hybridized carbons (Fsp3) is 0.824. The maximum Gasteiger partial charge on any atom is 0.325 e. The van der Waals surface area contributed by atoms with Crippen molar-refractivity contribution in [2.75, 3.05) is 18.1 Å². The summed E-state index contributed by atoms with van der Waals surface area (Å²) in [5.41, 5.74) is 0. The summed E-state index contributed by atoms with van der Waals surface area (Å²) in [7, 11) is -3.13. The Balaban J connectivity index is 1.76. The molecule has 1 saturated carbocycles. The van der Waals surface area contributed by atoms with Gasteiger partial charge in [0.25, 0.3) is 5.91 Å². The first-order chi connectivity index (χ1) is 12.2. The maximum atomic E-state index is 13.0. The van der Waals surface area contributed by atoms with Crippen LogP contribution in [-0.2, 0) is 19.4 Å². The highest BCUT2D eigenvalue weighted by Crippen LogP contribution is 2.29. The molecule has 0 radical (unpaired) electrons. The van der Waals surface area contributed by atoms with Crippen molar-refractivity contribution in [1.82, 2.24) is 15.1 Å². The normalized spacial score (nSPS) is 28.8. The summed E-state index contributed by atoms with van der Waals surface area (Å²) in [4.78, 5) is 40.2. The SMILES string of the molecule is CC(C)[C@@H]1NC(=O)N(CC(=O)N(C2CCCC2)[C@@H]2CCS(=O)(=O)C2)C1=O. The number of sulfone groups is 1. The van der Waals surface area contributed by atoms with Gasteiger partial charge in [0.1, 0.15) is 12.6 Å². The van der Waals surface area contributed by atoms with E-state index in [0.29, 0.717) is 6.42 Å². The minimum Gasteiger partial charge on any atom is -0.334 e. The molecule has 146 valence electrons.